The number of aromatic hydroxyl groups is 2. The number of phenolic OH excluding ortho intramolecular Hbond substituents is 2. The lowest BCUT2D eigenvalue weighted by atomic mass is 9.71. The van der Waals surface area contributed by atoms with Crippen LogP contribution in [0.2, 0.25) is 0 Å². The van der Waals surface area contributed by atoms with Crippen molar-refractivity contribution in [3.05, 3.63) is 101 Å². The van der Waals surface area contributed by atoms with Crippen LogP contribution in [-0.4, -0.2) is 191 Å². The molecule has 4 fully saturated rings. The second-order valence-corrected chi connectivity index (χ2v) is 27.2. The zero-order chi connectivity index (χ0) is 65.9. The van der Waals surface area contributed by atoms with E-state index in [0.29, 0.717) is 46.9 Å². The first kappa shape index (κ1) is 75.2. The van der Waals surface area contributed by atoms with Gasteiger partial charge in [0, 0.05) is 51.0 Å². The molecule has 0 aromatic heterocycles. The Balaban J connectivity index is 0.000000207. The van der Waals surface area contributed by atoms with E-state index in [0.717, 1.165) is 105 Å². The molecule has 0 bridgehead atoms. The van der Waals surface area contributed by atoms with Crippen molar-refractivity contribution in [2.75, 3.05) is 146 Å². The maximum atomic E-state index is 11.3. The highest BCUT2D eigenvalue weighted by molar-refractivity contribution is 5.81. The highest BCUT2D eigenvalue weighted by atomic mass is 16.5. The van der Waals surface area contributed by atoms with Crippen molar-refractivity contribution < 1.29 is 48.5 Å². The van der Waals surface area contributed by atoms with E-state index < -0.39 is 5.60 Å². The molecule has 0 amide bonds. The highest BCUT2D eigenvalue weighted by Gasteiger charge is 2.41. The molecule has 5 aliphatic carbocycles. The molecule has 90 heavy (non-hydrogen) atoms. The Labute approximate surface area is 544 Å². The first-order valence-electron chi connectivity index (χ1n) is 33.5. The highest BCUT2D eigenvalue weighted by Crippen LogP contribution is 2.46. The van der Waals surface area contributed by atoms with Crippen LogP contribution in [0.3, 0.4) is 0 Å². The van der Waals surface area contributed by atoms with E-state index in [2.05, 4.69) is 111 Å². The van der Waals surface area contributed by atoms with Gasteiger partial charge in [-0.1, -0.05) is 75.3 Å². The summed E-state index contributed by atoms with van der Waals surface area (Å²) >= 11 is 0. The SMILES string of the molecule is CN(C)CC1CCCCC1=O.CN(C)CC1CCCCC1c1ccc(O)c(O)c1.COc1ccc(C2(O)CCCCC2CN(C)C)cc1OC.COc1ccc(C2=CCCCC2CN(C)C)cc1OC.COc1ccc(C2CCCCC2CN(C)C)cc1OC. The van der Waals surface area contributed by atoms with E-state index >= 15 is 0 Å². The van der Waals surface area contributed by atoms with Crippen LogP contribution in [0.15, 0.2) is 78.9 Å². The third kappa shape index (κ3) is 22.9. The topological polar surface area (TPSA) is 149 Å². The zero-order valence-corrected chi connectivity index (χ0v) is 58.5. The number of carbonyl (C=O) groups is 1. The number of allylic oxidation sites excluding steroid dienone is 1. The van der Waals surface area contributed by atoms with Gasteiger partial charge in [-0.15, -0.1) is 0 Å². The monoisotopic (exact) mass is 1250 g/mol. The van der Waals surface area contributed by atoms with Gasteiger partial charge in [-0.3, -0.25) is 4.79 Å². The molecule has 0 radical (unpaired) electrons. The van der Waals surface area contributed by atoms with Crippen LogP contribution in [-0.2, 0) is 10.4 Å². The second-order valence-electron chi connectivity index (χ2n) is 27.2. The summed E-state index contributed by atoms with van der Waals surface area (Å²) in [7, 11) is 31.0. The average Bonchev–Trinajstić information content (AvgIpc) is 0.825. The summed E-state index contributed by atoms with van der Waals surface area (Å²) in [4.78, 5) is 22.4. The Bertz CT molecular complexity index is 2770. The molecule has 4 saturated carbocycles. The fourth-order valence-corrected chi connectivity index (χ4v) is 14.6. The Hall–Kier alpha value is -5.55. The van der Waals surface area contributed by atoms with Crippen LogP contribution >= 0.6 is 0 Å². The van der Waals surface area contributed by atoms with E-state index in [9.17, 15) is 20.1 Å². The molecule has 15 heteroatoms. The van der Waals surface area contributed by atoms with E-state index in [-0.39, 0.29) is 17.4 Å². The maximum Gasteiger partial charge on any atom is 0.161 e. The van der Waals surface area contributed by atoms with Gasteiger partial charge in [0.15, 0.2) is 46.0 Å². The van der Waals surface area contributed by atoms with Crippen LogP contribution in [0.5, 0.6) is 46.0 Å². The molecular weight excluding hydrogens is 1130 g/mol. The van der Waals surface area contributed by atoms with Gasteiger partial charge in [-0.05, 0) is 247 Å². The zero-order valence-electron chi connectivity index (χ0n) is 58.5. The number of hydrogen-bond acceptors (Lipinski definition) is 15. The Morgan fingerprint density at radius 3 is 1.42 bits per heavy atom. The molecule has 4 aromatic rings. The van der Waals surface area contributed by atoms with Crippen molar-refractivity contribution in [2.24, 2.45) is 29.6 Å². The average molecular weight is 1250 g/mol. The predicted octanol–water partition coefficient (Wildman–Crippen LogP) is 13.9. The lowest BCUT2D eigenvalue weighted by molar-refractivity contribution is -0.125. The number of aliphatic hydroxyl groups is 1. The van der Waals surface area contributed by atoms with E-state index in [4.69, 9.17) is 28.4 Å². The number of phenols is 2. The fourth-order valence-electron chi connectivity index (χ4n) is 14.6. The molecule has 9 rings (SSSR count). The summed E-state index contributed by atoms with van der Waals surface area (Å²) in [6, 6.07) is 23.7. The molecule has 8 unspecified atom stereocenters. The quantitative estimate of drug-likeness (QED) is 0.0720. The van der Waals surface area contributed by atoms with E-state index in [1.54, 1.807) is 54.8 Å². The minimum absolute atomic E-state index is 0.00155. The van der Waals surface area contributed by atoms with Crippen molar-refractivity contribution >= 4 is 11.4 Å². The molecule has 504 valence electrons. The summed E-state index contributed by atoms with van der Waals surface area (Å²) in [6.07, 6.45) is 24.8. The molecule has 0 saturated heterocycles. The number of rotatable bonds is 20. The van der Waals surface area contributed by atoms with Gasteiger partial charge < -0.3 is 68.2 Å². The molecule has 0 aliphatic heterocycles. The Morgan fingerprint density at radius 2 is 0.889 bits per heavy atom. The molecule has 4 aromatic carbocycles. The molecule has 8 atom stereocenters. The fraction of sp³-hybridized carbons (Fsp3) is 0.640. The summed E-state index contributed by atoms with van der Waals surface area (Å²) < 4.78 is 32.2. The van der Waals surface area contributed by atoms with Gasteiger partial charge in [0.1, 0.15) is 5.78 Å². The van der Waals surface area contributed by atoms with Crippen LogP contribution < -0.4 is 28.4 Å². The Kier molecular flexibility index (Phi) is 32.1. The minimum atomic E-state index is -0.776. The van der Waals surface area contributed by atoms with Gasteiger partial charge in [0.25, 0.3) is 0 Å². The van der Waals surface area contributed by atoms with Crippen LogP contribution in [0.1, 0.15) is 156 Å². The molecule has 0 heterocycles. The number of methoxy groups -OCH3 is 6. The van der Waals surface area contributed by atoms with Gasteiger partial charge in [-0.2, -0.15) is 0 Å². The summed E-state index contributed by atoms with van der Waals surface area (Å²) in [5.41, 5.74) is 5.43. The van der Waals surface area contributed by atoms with Crippen LogP contribution in [0.25, 0.3) is 5.57 Å². The van der Waals surface area contributed by atoms with Crippen molar-refractivity contribution in [1.29, 1.82) is 0 Å². The number of Topliss-reactive ketones (excluding diaryl/α,β-unsaturated/α-hetero) is 1. The van der Waals surface area contributed by atoms with Gasteiger partial charge in [0.05, 0.1) is 48.3 Å². The normalized spacial score (nSPS) is 23.4. The van der Waals surface area contributed by atoms with Crippen LogP contribution in [0, 0.1) is 29.6 Å². The van der Waals surface area contributed by atoms with Gasteiger partial charge in [-0.25, -0.2) is 0 Å². The summed E-state index contributed by atoms with van der Waals surface area (Å²) in [6.45, 7) is 5.19. The number of nitrogens with zero attached hydrogens (tertiary/aromatic N) is 5. The van der Waals surface area contributed by atoms with Crippen molar-refractivity contribution in [2.45, 2.75) is 139 Å². The Morgan fingerprint density at radius 1 is 0.433 bits per heavy atom. The number of carbonyl (C=O) groups excluding carboxylic acids is 1. The summed E-state index contributed by atoms with van der Waals surface area (Å²) in [5.74, 6) is 8.82. The van der Waals surface area contributed by atoms with Crippen molar-refractivity contribution in [1.82, 2.24) is 24.5 Å². The molecule has 0 spiro atoms. The molecule has 3 N–H and O–H groups in total. The van der Waals surface area contributed by atoms with Gasteiger partial charge in [0.2, 0.25) is 0 Å². The van der Waals surface area contributed by atoms with Crippen molar-refractivity contribution in [3.8, 4) is 46.0 Å². The standard InChI is InChI=1S/C17H27NO3.C17H27NO2.C17H25NO2.C15H23NO2.C9H17NO/c1-18(2)12-14-7-5-6-10-17(14,19)13-8-9-15(20-3)16(11-13)21-4;2*1-18(2)12-14-7-5-6-8-15(14)13-9-10-16(19-3)17(11-13)20-4;1-16(2)10-12-5-3-4-6-13(12)11-7-8-14(17)15(18)9-11;1-10(2)7-8-5-3-4-6-9(8)11/h8-9,11,14,19H,5-7,10,12H2,1-4H3;9-11,14-15H,5-8,12H2,1-4H3;8-11,14H,5-7,12H2,1-4H3;7-9,12-13,17-18H,3-6,10H2,1-2H3;8H,3-7H2,1-2H3. The lowest BCUT2D eigenvalue weighted by Gasteiger charge is -2.42. The molecular formula is C75H119N5O10. The third-order valence-corrected chi connectivity index (χ3v) is 18.9. The lowest BCUT2D eigenvalue weighted by Crippen LogP contribution is -2.43. The second kappa shape index (κ2) is 38.5. The van der Waals surface area contributed by atoms with Crippen molar-refractivity contribution in [3.63, 3.8) is 0 Å². The maximum absolute atomic E-state index is 11.3. The third-order valence-electron chi connectivity index (χ3n) is 18.9. The predicted molar refractivity (Wildman–Crippen MR) is 369 cm³/mol. The number of ether oxygens (including phenoxy) is 6. The smallest absolute Gasteiger partial charge is 0.161 e. The first-order valence-corrected chi connectivity index (χ1v) is 33.5. The molecule has 5 aliphatic rings. The largest absolute Gasteiger partial charge is 0.504 e. The van der Waals surface area contributed by atoms with Crippen LogP contribution in [0.4, 0.5) is 0 Å². The molecule has 15 nitrogen and oxygen atoms in total. The minimum Gasteiger partial charge on any atom is -0.504 e. The van der Waals surface area contributed by atoms with E-state index in [1.165, 1.54) is 107 Å². The first-order chi connectivity index (χ1) is 43.1. The number of hydrogen-bond donors (Lipinski definition) is 3. The number of ketones is 1. The van der Waals surface area contributed by atoms with E-state index in [1.807, 2.05) is 50.5 Å². The van der Waals surface area contributed by atoms with Gasteiger partial charge >= 0.3 is 0 Å². The summed E-state index contributed by atoms with van der Waals surface area (Å²) in [5, 5.41) is 30.3. The number of benzene rings is 4.